The zero-order valence-corrected chi connectivity index (χ0v) is 37.8. The zero-order valence-electron chi connectivity index (χ0n) is 37.8. The van der Waals surface area contributed by atoms with Gasteiger partial charge in [-0.1, -0.05) is 183 Å². The molecule has 0 saturated heterocycles. The molecule has 0 fully saturated rings. The molecule has 0 heterocycles. The van der Waals surface area contributed by atoms with Crippen LogP contribution in [0.5, 0.6) is 0 Å². The van der Waals surface area contributed by atoms with Gasteiger partial charge in [-0.25, -0.2) is 0 Å². The highest BCUT2D eigenvalue weighted by Crippen LogP contribution is 2.60. The highest BCUT2D eigenvalue weighted by Gasteiger charge is 2.47. The first-order valence-electron chi connectivity index (χ1n) is 22.7. The molecule has 0 atom stereocenters. The van der Waals surface area contributed by atoms with Crippen molar-refractivity contribution in [1.29, 1.82) is 0 Å². The van der Waals surface area contributed by atoms with Crippen molar-refractivity contribution < 1.29 is 0 Å². The molecule has 0 spiro atoms. The maximum Gasteiger partial charge on any atom is 0.0714 e. The molecule has 1 heteroatoms. The normalized spacial score (nSPS) is 18.3. The summed E-state index contributed by atoms with van der Waals surface area (Å²) in [5, 5.41) is 0. The Morgan fingerprint density at radius 3 is 1.43 bits per heavy atom. The van der Waals surface area contributed by atoms with Crippen molar-refractivity contribution in [3.8, 4) is 22.3 Å². The second-order valence-corrected chi connectivity index (χ2v) is 21.1. The van der Waals surface area contributed by atoms with Gasteiger partial charge in [0, 0.05) is 16.9 Å². The van der Waals surface area contributed by atoms with E-state index in [9.17, 15) is 0 Å². The third-order valence-corrected chi connectivity index (χ3v) is 15.4. The molecule has 3 aliphatic rings. The first-order chi connectivity index (χ1) is 29.1. The minimum atomic E-state index is -0.525. The average Bonchev–Trinajstić information content (AvgIpc) is 3.55. The summed E-state index contributed by atoms with van der Waals surface area (Å²) in [5.74, 6) is 0. The smallest absolute Gasteiger partial charge is 0.0714 e. The van der Waals surface area contributed by atoms with Crippen molar-refractivity contribution in [1.82, 2.24) is 0 Å². The molecule has 0 saturated carbocycles. The zero-order chi connectivity index (χ0) is 42.5. The molecule has 0 N–H and O–H groups in total. The van der Waals surface area contributed by atoms with Crippen molar-refractivity contribution in [2.24, 2.45) is 0 Å². The number of para-hydroxylation sites is 1. The lowest BCUT2D eigenvalue weighted by molar-refractivity contribution is 0.332. The lowest BCUT2D eigenvalue weighted by atomic mass is 9.62. The number of anilines is 3. The molecule has 0 aromatic heterocycles. The Balaban J connectivity index is 1.35. The van der Waals surface area contributed by atoms with E-state index >= 15 is 0 Å². The SMILES string of the molecule is Cc1cc2c(cc1N(c1ccccc1)c1cc3c(cc1-c1ccc4c(c1)C(C)(C)CCC4(C)C)-c1ccccc1C3(c1ccccc1)c1ccccc1)C(C)(C)CCC2(C)C. The molecule has 0 radical (unpaired) electrons. The van der Waals surface area contributed by atoms with Crippen molar-refractivity contribution in [2.45, 2.75) is 115 Å². The van der Waals surface area contributed by atoms with E-state index in [0.717, 1.165) is 0 Å². The summed E-state index contributed by atoms with van der Waals surface area (Å²) in [7, 11) is 0. The molecule has 1 nitrogen and oxygen atoms in total. The van der Waals surface area contributed by atoms with E-state index in [-0.39, 0.29) is 21.7 Å². The number of fused-ring (bicyclic) bond motifs is 5. The highest BCUT2D eigenvalue weighted by molar-refractivity contribution is 5.97. The molecular weight excluding hydrogens is 735 g/mol. The Kier molecular flexibility index (Phi) is 9.02. The number of benzene rings is 7. The van der Waals surface area contributed by atoms with E-state index in [1.807, 2.05) is 0 Å². The van der Waals surface area contributed by atoms with E-state index in [1.54, 1.807) is 0 Å². The largest absolute Gasteiger partial charge is 0.310 e. The van der Waals surface area contributed by atoms with Crippen LogP contribution in [-0.2, 0) is 27.1 Å². The van der Waals surface area contributed by atoms with Gasteiger partial charge in [0.2, 0.25) is 0 Å². The van der Waals surface area contributed by atoms with Gasteiger partial charge in [-0.3, -0.25) is 0 Å². The fraction of sp³-hybridized carbons (Fsp3) is 0.300. The summed E-state index contributed by atoms with van der Waals surface area (Å²) in [6, 6.07) is 60.6. The summed E-state index contributed by atoms with van der Waals surface area (Å²) in [6.45, 7) is 21.9. The maximum absolute atomic E-state index is 2.61. The Morgan fingerprint density at radius 2 is 0.836 bits per heavy atom. The molecule has 0 aliphatic heterocycles. The molecule has 0 unspecified atom stereocenters. The third kappa shape index (κ3) is 6.09. The molecule has 10 rings (SSSR count). The summed E-state index contributed by atoms with van der Waals surface area (Å²) >= 11 is 0. The van der Waals surface area contributed by atoms with Crippen LogP contribution < -0.4 is 4.90 Å². The minimum Gasteiger partial charge on any atom is -0.310 e. The fourth-order valence-corrected chi connectivity index (χ4v) is 11.6. The Bertz CT molecular complexity index is 2760. The van der Waals surface area contributed by atoms with Gasteiger partial charge in [-0.2, -0.15) is 0 Å². The predicted octanol–water partition coefficient (Wildman–Crippen LogP) is 16.2. The molecule has 61 heavy (non-hydrogen) atoms. The van der Waals surface area contributed by atoms with Crippen molar-refractivity contribution >= 4 is 17.1 Å². The van der Waals surface area contributed by atoms with Crippen molar-refractivity contribution in [3.05, 3.63) is 208 Å². The van der Waals surface area contributed by atoms with Gasteiger partial charge >= 0.3 is 0 Å². The molecular formula is C60H61N. The second-order valence-electron chi connectivity index (χ2n) is 21.1. The summed E-state index contributed by atoms with van der Waals surface area (Å²) in [4.78, 5) is 2.61. The van der Waals surface area contributed by atoms with Gasteiger partial charge in [0.25, 0.3) is 0 Å². The van der Waals surface area contributed by atoms with Crippen molar-refractivity contribution in [2.75, 3.05) is 4.90 Å². The Hall–Kier alpha value is -5.66. The van der Waals surface area contributed by atoms with Crippen LogP contribution in [0.2, 0.25) is 0 Å². The quantitative estimate of drug-likeness (QED) is 0.162. The van der Waals surface area contributed by atoms with Crippen LogP contribution in [0, 0.1) is 6.92 Å². The van der Waals surface area contributed by atoms with Crippen molar-refractivity contribution in [3.63, 3.8) is 0 Å². The van der Waals surface area contributed by atoms with Crippen LogP contribution in [-0.4, -0.2) is 0 Å². The molecule has 0 bridgehead atoms. The molecule has 7 aromatic rings. The summed E-state index contributed by atoms with van der Waals surface area (Å²) in [5.41, 5.74) is 21.1. The molecule has 7 aromatic carbocycles. The molecule has 306 valence electrons. The van der Waals surface area contributed by atoms with Crippen LogP contribution in [0.25, 0.3) is 22.3 Å². The number of rotatable bonds is 6. The Labute approximate surface area is 365 Å². The Morgan fingerprint density at radius 1 is 0.361 bits per heavy atom. The molecule has 0 amide bonds. The van der Waals surface area contributed by atoms with E-state index in [4.69, 9.17) is 0 Å². The first kappa shape index (κ1) is 39.5. The van der Waals surface area contributed by atoms with Gasteiger partial charge in [0.1, 0.15) is 0 Å². The summed E-state index contributed by atoms with van der Waals surface area (Å²) < 4.78 is 0. The van der Waals surface area contributed by atoms with Gasteiger partial charge in [0.05, 0.1) is 11.1 Å². The lowest BCUT2D eigenvalue weighted by Crippen LogP contribution is -2.34. The van der Waals surface area contributed by atoms with Crippen LogP contribution >= 0.6 is 0 Å². The van der Waals surface area contributed by atoms with Gasteiger partial charge in [-0.15, -0.1) is 0 Å². The van der Waals surface area contributed by atoms with E-state index in [1.165, 1.54) is 115 Å². The topological polar surface area (TPSA) is 3.24 Å². The molecule has 3 aliphatic carbocycles. The van der Waals surface area contributed by atoms with Crippen LogP contribution in [0.4, 0.5) is 17.1 Å². The van der Waals surface area contributed by atoms with Crippen LogP contribution in [0.15, 0.2) is 158 Å². The summed E-state index contributed by atoms with van der Waals surface area (Å²) in [6.07, 6.45) is 4.73. The van der Waals surface area contributed by atoms with Crippen LogP contribution in [0.3, 0.4) is 0 Å². The van der Waals surface area contributed by atoms with E-state index in [2.05, 4.69) is 225 Å². The van der Waals surface area contributed by atoms with E-state index in [0.29, 0.717) is 0 Å². The predicted molar refractivity (Wildman–Crippen MR) is 259 cm³/mol. The number of aryl methyl sites for hydroxylation is 1. The van der Waals surface area contributed by atoms with Gasteiger partial charge < -0.3 is 4.90 Å². The third-order valence-electron chi connectivity index (χ3n) is 15.4. The van der Waals surface area contributed by atoms with Crippen LogP contribution in [0.1, 0.15) is 131 Å². The van der Waals surface area contributed by atoms with Gasteiger partial charge in [-0.05, 0) is 151 Å². The minimum absolute atomic E-state index is 0.0602. The number of hydrogen-bond donors (Lipinski definition) is 0. The fourth-order valence-electron chi connectivity index (χ4n) is 11.6. The number of nitrogens with zero attached hydrogens (tertiary/aromatic N) is 1. The number of hydrogen-bond acceptors (Lipinski definition) is 1. The monoisotopic (exact) mass is 795 g/mol. The maximum atomic E-state index is 2.61. The standard InChI is InChI=1S/C60H61N/c1-40-35-51-53(59(8,9)34-33-57(51,4)5)39-54(40)61(44-25-17-12-18-26-44)55-38-50-47(37-46(55)41-29-30-49-52(36-41)58(6,7)32-31-56(49,2)3)45-27-19-20-28-48(45)60(50,42-21-13-10-14-22-42)43-23-15-11-16-24-43/h10-30,35-39H,31-34H2,1-9H3. The first-order valence-corrected chi connectivity index (χ1v) is 22.7. The highest BCUT2D eigenvalue weighted by atomic mass is 15.1. The lowest BCUT2D eigenvalue weighted by Gasteiger charge is -2.43. The van der Waals surface area contributed by atoms with Gasteiger partial charge in [0.15, 0.2) is 0 Å². The van der Waals surface area contributed by atoms with E-state index < -0.39 is 5.41 Å². The average molecular weight is 796 g/mol. The second kappa shape index (κ2) is 13.9.